The van der Waals surface area contributed by atoms with Crippen LogP contribution in [0.5, 0.6) is 0 Å². The molecule has 0 bridgehead atoms. The van der Waals surface area contributed by atoms with Gasteiger partial charge in [-0.25, -0.2) is 9.46 Å². The van der Waals surface area contributed by atoms with Gasteiger partial charge in [0.05, 0.1) is 12.7 Å². The van der Waals surface area contributed by atoms with Crippen LogP contribution in [0.1, 0.15) is 18.2 Å². The second-order valence-electron chi connectivity index (χ2n) is 5.90. The van der Waals surface area contributed by atoms with Crippen LogP contribution < -0.4 is 16.6 Å². The molecule has 2 fully saturated rings. The number of hydrogen-bond donors (Lipinski definition) is 2. The quantitative estimate of drug-likeness (QED) is 0.733. The molecule has 3 unspecified atom stereocenters. The first-order valence-electron chi connectivity index (χ1n) is 7.75. The van der Waals surface area contributed by atoms with Gasteiger partial charge in [-0.05, 0) is 24.6 Å². The van der Waals surface area contributed by atoms with Crippen LogP contribution in [-0.4, -0.2) is 53.1 Å². The van der Waals surface area contributed by atoms with Gasteiger partial charge in [-0.1, -0.05) is 0 Å². The van der Waals surface area contributed by atoms with E-state index in [4.69, 9.17) is 20.5 Å². The van der Waals surface area contributed by atoms with Gasteiger partial charge in [-0.15, -0.1) is 0 Å². The molecule has 24 heavy (non-hydrogen) atoms. The van der Waals surface area contributed by atoms with Gasteiger partial charge in [-0.2, -0.15) is 0 Å². The van der Waals surface area contributed by atoms with E-state index in [1.54, 1.807) is 11.6 Å². The number of aromatic amines is 1. The predicted octanol–water partition coefficient (Wildman–Crippen LogP) is 0.401. The first-order chi connectivity index (χ1) is 11.4. The molecule has 0 aromatic carbocycles. The van der Waals surface area contributed by atoms with E-state index < -0.39 is 24.3 Å². The molecule has 1 aromatic rings. The largest absolute Gasteiger partial charge is 0.363 e. The molecule has 134 valence electrons. The highest BCUT2D eigenvalue weighted by Gasteiger charge is 2.36. The van der Waals surface area contributed by atoms with Crippen molar-refractivity contribution in [2.45, 2.75) is 25.7 Å². The molecule has 3 rings (SSSR count). The average molecular weight is 379 g/mol. The van der Waals surface area contributed by atoms with Crippen molar-refractivity contribution in [3.05, 3.63) is 32.6 Å². The standard InChI is InChI=1S/C13H20ClN4O5P/c1-9-7-18(13(20)16-12(9)19)11-6-15-5-10(23-11)8-17-3-2-4-22-24(17,14)21/h7,10-11,15H,2-6,8H2,1H3,(H,16,19,20). The summed E-state index contributed by atoms with van der Waals surface area (Å²) in [4.78, 5) is 25.7. The number of nitrogens with zero attached hydrogens (tertiary/aromatic N) is 2. The molecule has 3 atom stereocenters. The van der Waals surface area contributed by atoms with Crippen LogP contribution in [0.3, 0.4) is 0 Å². The third-order valence-electron chi connectivity index (χ3n) is 4.06. The Morgan fingerprint density at radius 2 is 2.21 bits per heavy atom. The van der Waals surface area contributed by atoms with Gasteiger partial charge in [0.2, 0.25) is 0 Å². The average Bonchev–Trinajstić information content (AvgIpc) is 2.53. The minimum absolute atomic E-state index is 0.309. The fraction of sp³-hybridized carbons (Fsp3) is 0.692. The number of hydrogen-bond acceptors (Lipinski definition) is 6. The summed E-state index contributed by atoms with van der Waals surface area (Å²) in [5, 5.41) is 3.18. The lowest BCUT2D eigenvalue weighted by Gasteiger charge is -2.37. The molecule has 2 N–H and O–H groups in total. The summed E-state index contributed by atoms with van der Waals surface area (Å²) in [5.74, 6) is 0. The van der Waals surface area contributed by atoms with Gasteiger partial charge < -0.3 is 14.6 Å². The summed E-state index contributed by atoms with van der Waals surface area (Å²) in [6, 6.07) is 0. The van der Waals surface area contributed by atoms with E-state index in [9.17, 15) is 14.2 Å². The number of rotatable bonds is 3. The van der Waals surface area contributed by atoms with Crippen molar-refractivity contribution >= 4 is 18.1 Å². The summed E-state index contributed by atoms with van der Waals surface area (Å²) >= 11 is 5.96. The zero-order chi connectivity index (χ0) is 17.3. The summed E-state index contributed by atoms with van der Waals surface area (Å²) < 4.78 is 26.3. The van der Waals surface area contributed by atoms with Gasteiger partial charge in [-0.3, -0.25) is 18.9 Å². The van der Waals surface area contributed by atoms with Crippen LogP contribution in [0.2, 0.25) is 0 Å². The van der Waals surface area contributed by atoms with E-state index in [1.165, 1.54) is 10.8 Å². The van der Waals surface area contributed by atoms with Gasteiger partial charge >= 0.3 is 12.6 Å². The molecule has 2 aliphatic rings. The van der Waals surface area contributed by atoms with E-state index in [0.29, 0.717) is 38.3 Å². The van der Waals surface area contributed by atoms with Crippen LogP contribution in [0.4, 0.5) is 0 Å². The van der Waals surface area contributed by atoms with Crippen molar-refractivity contribution in [2.75, 3.05) is 32.8 Å². The van der Waals surface area contributed by atoms with Gasteiger partial charge in [0, 0.05) is 37.9 Å². The Labute approximate surface area is 143 Å². The lowest BCUT2D eigenvalue weighted by Crippen LogP contribution is -2.50. The number of morpholine rings is 1. The number of ether oxygens (including phenoxy) is 1. The highest BCUT2D eigenvalue weighted by atomic mass is 35.7. The highest BCUT2D eigenvalue weighted by molar-refractivity contribution is 7.83. The van der Waals surface area contributed by atoms with E-state index in [1.807, 2.05) is 0 Å². The van der Waals surface area contributed by atoms with E-state index in [0.717, 1.165) is 6.42 Å². The Morgan fingerprint density at radius 3 is 2.96 bits per heavy atom. The normalized spacial score (nSPS) is 31.9. The minimum atomic E-state index is -3.30. The minimum Gasteiger partial charge on any atom is -0.351 e. The maximum absolute atomic E-state index is 12.2. The number of halogens is 1. The number of nitrogens with one attached hydrogen (secondary N) is 2. The number of aryl methyl sites for hydroxylation is 1. The van der Waals surface area contributed by atoms with Crippen molar-refractivity contribution in [1.29, 1.82) is 0 Å². The van der Waals surface area contributed by atoms with Crippen LogP contribution in [0.15, 0.2) is 15.8 Å². The monoisotopic (exact) mass is 378 g/mol. The summed E-state index contributed by atoms with van der Waals surface area (Å²) in [6.45, 7) is 0.587. The molecular formula is C13H20ClN4O5P. The molecule has 0 radical (unpaired) electrons. The molecule has 2 aliphatic heterocycles. The van der Waals surface area contributed by atoms with Crippen molar-refractivity contribution < 1.29 is 13.8 Å². The molecule has 0 amide bonds. The Hall–Kier alpha value is -0.960. The highest BCUT2D eigenvalue weighted by Crippen LogP contribution is 2.57. The Bertz CT molecular complexity index is 765. The van der Waals surface area contributed by atoms with E-state index >= 15 is 0 Å². The van der Waals surface area contributed by atoms with Gasteiger partial charge in [0.25, 0.3) is 5.56 Å². The Balaban J connectivity index is 1.73. The second-order valence-corrected chi connectivity index (χ2v) is 8.91. The maximum Gasteiger partial charge on any atom is 0.363 e. The van der Waals surface area contributed by atoms with Gasteiger partial charge in [0.15, 0.2) is 6.23 Å². The number of H-pyrrole nitrogens is 1. The first-order valence-corrected chi connectivity index (χ1v) is 10.2. The van der Waals surface area contributed by atoms with Crippen LogP contribution in [0, 0.1) is 6.92 Å². The zero-order valence-electron chi connectivity index (χ0n) is 13.2. The molecule has 1 aromatic heterocycles. The molecule has 0 saturated carbocycles. The molecule has 0 aliphatic carbocycles. The Kier molecular flexibility index (Phi) is 5.29. The predicted molar refractivity (Wildman–Crippen MR) is 88.4 cm³/mol. The summed E-state index contributed by atoms with van der Waals surface area (Å²) in [6.07, 6.45) is 1.36. The maximum atomic E-state index is 12.2. The lowest BCUT2D eigenvalue weighted by atomic mass is 10.2. The molecule has 0 spiro atoms. The fourth-order valence-electron chi connectivity index (χ4n) is 2.81. The lowest BCUT2D eigenvalue weighted by molar-refractivity contribution is -0.0850. The van der Waals surface area contributed by atoms with Crippen molar-refractivity contribution in [1.82, 2.24) is 19.5 Å². The molecular weight excluding hydrogens is 359 g/mol. The topological polar surface area (TPSA) is 106 Å². The molecule has 9 nitrogen and oxygen atoms in total. The smallest absolute Gasteiger partial charge is 0.351 e. The fourth-order valence-corrected chi connectivity index (χ4v) is 4.70. The van der Waals surface area contributed by atoms with E-state index in [-0.39, 0.29) is 6.10 Å². The van der Waals surface area contributed by atoms with Crippen LogP contribution >= 0.6 is 18.1 Å². The molecule has 3 heterocycles. The van der Waals surface area contributed by atoms with Crippen molar-refractivity contribution in [3.8, 4) is 0 Å². The van der Waals surface area contributed by atoms with E-state index in [2.05, 4.69) is 10.3 Å². The Morgan fingerprint density at radius 1 is 1.42 bits per heavy atom. The summed E-state index contributed by atoms with van der Waals surface area (Å²) in [7, 11) is 0. The van der Waals surface area contributed by atoms with Crippen LogP contribution in [-0.2, 0) is 13.8 Å². The van der Waals surface area contributed by atoms with Crippen molar-refractivity contribution in [2.24, 2.45) is 0 Å². The second kappa shape index (κ2) is 7.11. The number of aromatic nitrogens is 2. The first kappa shape index (κ1) is 17.8. The molecule has 2 saturated heterocycles. The van der Waals surface area contributed by atoms with Gasteiger partial charge in [0.1, 0.15) is 0 Å². The SMILES string of the molecule is Cc1cn(C2CNCC(CN3CCCOP3(=O)Cl)O2)c(=O)[nH]c1=O. The van der Waals surface area contributed by atoms with Crippen LogP contribution in [0.25, 0.3) is 0 Å². The van der Waals surface area contributed by atoms with Crippen molar-refractivity contribution in [3.63, 3.8) is 0 Å². The third kappa shape index (κ3) is 3.82. The zero-order valence-corrected chi connectivity index (χ0v) is 14.9. The third-order valence-corrected chi connectivity index (χ3v) is 6.53. The molecule has 11 heteroatoms. The summed E-state index contributed by atoms with van der Waals surface area (Å²) in [5.41, 5.74) is -0.512.